The van der Waals surface area contributed by atoms with Gasteiger partial charge in [0.1, 0.15) is 5.84 Å². The van der Waals surface area contributed by atoms with E-state index < -0.39 is 0 Å². The molecule has 2 aromatic carbocycles. The van der Waals surface area contributed by atoms with Crippen molar-refractivity contribution in [2.24, 2.45) is 4.99 Å². The summed E-state index contributed by atoms with van der Waals surface area (Å²) in [6, 6.07) is 12.3. The second-order valence-electron chi connectivity index (χ2n) is 6.68. The third-order valence-electron chi connectivity index (χ3n) is 4.12. The van der Waals surface area contributed by atoms with Gasteiger partial charge in [-0.25, -0.2) is 0 Å². The maximum absolute atomic E-state index is 5.96. The van der Waals surface area contributed by atoms with Gasteiger partial charge in [-0.3, -0.25) is 4.99 Å². The molecule has 2 aromatic rings. The normalized spacial score (nSPS) is 16.0. The zero-order valence-electron chi connectivity index (χ0n) is 13.5. The van der Waals surface area contributed by atoms with Crippen molar-refractivity contribution in [1.29, 1.82) is 0 Å². The lowest BCUT2D eigenvalue weighted by Crippen LogP contribution is -2.32. The lowest BCUT2D eigenvalue weighted by atomic mass is 9.86. The van der Waals surface area contributed by atoms with Gasteiger partial charge in [-0.05, 0) is 81.1 Å². The number of hydrogen-bond acceptors (Lipinski definition) is 2. The van der Waals surface area contributed by atoms with Crippen molar-refractivity contribution in [2.75, 3.05) is 5.32 Å². The Kier molecular flexibility index (Phi) is 3.73. The van der Waals surface area contributed by atoms with Gasteiger partial charge in [0, 0.05) is 16.3 Å². The Hall–Kier alpha value is -1.80. The number of fused-ring (bicyclic) bond motifs is 1. The number of anilines is 1. The van der Waals surface area contributed by atoms with E-state index in [1.54, 1.807) is 0 Å². The molecule has 0 unspecified atom stereocenters. The maximum Gasteiger partial charge on any atom is 0.133 e. The monoisotopic (exact) mass is 312 g/mol. The molecule has 3 heteroatoms. The molecule has 0 saturated heterocycles. The van der Waals surface area contributed by atoms with Crippen LogP contribution in [0.4, 0.5) is 5.69 Å². The topological polar surface area (TPSA) is 24.4 Å². The van der Waals surface area contributed by atoms with Gasteiger partial charge >= 0.3 is 0 Å². The van der Waals surface area contributed by atoms with Crippen LogP contribution in [0, 0.1) is 13.8 Å². The van der Waals surface area contributed by atoms with Gasteiger partial charge in [0.15, 0.2) is 0 Å². The Morgan fingerprint density at radius 1 is 1.05 bits per heavy atom. The predicted octanol–water partition coefficient (Wildman–Crippen LogP) is 5.15. The third-order valence-corrected chi connectivity index (χ3v) is 4.37. The van der Waals surface area contributed by atoms with Gasteiger partial charge in [0.2, 0.25) is 0 Å². The van der Waals surface area contributed by atoms with Crippen LogP contribution >= 0.6 is 11.6 Å². The molecule has 1 aliphatic heterocycles. The number of benzene rings is 2. The van der Waals surface area contributed by atoms with E-state index in [0.717, 1.165) is 23.0 Å². The molecule has 2 nitrogen and oxygen atoms in total. The minimum Gasteiger partial charge on any atom is -0.340 e. The molecule has 1 aliphatic rings. The number of halogens is 1. The molecular weight excluding hydrogens is 292 g/mol. The number of aryl methyl sites for hydroxylation is 2. The quantitative estimate of drug-likeness (QED) is 0.773. The first-order valence-electron chi connectivity index (χ1n) is 7.57. The van der Waals surface area contributed by atoms with Gasteiger partial charge in [0.05, 0.1) is 5.54 Å². The highest BCUT2D eigenvalue weighted by Gasteiger charge is 2.27. The Bertz CT molecular complexity index is 743. The zero-order chi connectivity index (χ0) is 15.9. The van der Waals surface area contributed by atoms with E-state index in [9.17, 15) is 0 Å². The van der Waals surface area contributed by atoms with Crippen LogP contribution in [-0.4, -0.2) is 11.4 Å². The zero-order valence-corrected chi connectivity index (χ0v) is 14.3. The fourth-order valence-corrected chi connectivity index (χ4v) is 3.00. The number of hydrogen-bond donors (Lipinski definition) is 1. The molecular formula is C19H21ClN2. The minimum absolute atomic E-state index is 0.0938. The fraction of sp³-hybridized carbons (Fsp3) is 0.316. The van der Waals surface area contributed by atoms with Crippen LogP contribution in [0.25, 0.3) is 0 Å². The van der Waals surface area contributed by atoms with Crippen LogP contribution in [0.1, 0.15) is 36.1 Å². The second-order valence-corrected chi connectivity index (χ2v) is 7.11. The first-order valence-corrected chi connectivity index (χ1v) is 7.95. The summed E-state index contributed by atoms with van der Waals surface area (Å²) < 4.78 is 0. The van der Waals surface area contributed by atoms with Crippen LogP contribution in [0.2, 0.25) is 5.02 Å². The number of amidine groups is 1. The Morgan fingerprint density at radius 2 is 1.68 bits per heavy atom. The number of nitrogens with one attached hydrogen (secondary N) is 1. The molecule has 0 saturated carbocycles. The highest BCUT2D eigenvalue weighted by Crippen LogP contribution is 2.29. The SMILES string of the molecule is Cc1cc2c(cc1C)C(Nc1ccc(Cl)cc1)=NC(C)(C)C2. The largest absolute Gasteiger partial charge is 0.340 e. The maximum atomic E-state index is 5.96. The van der Waals surface area contributed by atoms with E-state index in [2.05, 4.69) is 45.1 Å². The Morgan fingerprint density at radius 3 is 2.36 bits per heavy atom. The van der Waals surface area contributed by atoms with Gasteiger partial charge in [-0.15, -0.1) is 0 Å². The minimum atomic E-state index is -0.0938. The van der Waals surface area contributed by atoms with Crippen molar-refractivity contribution in [3.8, 4) is 0 Å². The average Bonchev–Trinajstić information content (AvgIpc) is 2.43. The van der Waals surface area contributed by atoms with Crippen LogP contribution in [0.15, 0.2) is 41.4 Å². The molecule has 0 fully saturated rings. The summed E-state index contributed by atoms with van der Waals surface area (Å²) in [7, 11) is 0. The van der Waals surface area contributed by atoms with E-state index in [1.165, 1.54) is 22.3 Å². The summed E-state index contributed by atoms with van der Waals surface area (Å²) in [5.74, 6) is 0.941. The highest BCUT2D eigenvalue weighted by atomic mass is 35.5. The Labute approximate surface area is 137 Å². The predicted molar refractivity (Wildman–Crippen MR) is 95.3 cm³/mol. The lowest BCUT2D eigenvalue weighted by molar-refractivity contribution is 0.513. The van der Waals surface area contributed by atoms with Crippen LogP contribution in [-0.2, 0) is 6.42 Å². The highest BCUT2D eigenvalue weighted by molar-refractivity contribution is 6.30. The molecule has 0 aliphatic carbocycles. The summed E-state index contributed by atoms with van der Waals surface area (Å²) >= 11 is 5.96. The van der Waals surface area contributed by atoms with Gasteiger partial charge in [0.25, 0.3) is 0 Å². The van der Waals surface area contributed by atoms with Crippen LogP contribution < -0.4 is 5.32 Å². The molecule has 1 heterocycles. The van der Waals surface area contributed by atoms with Crippen molar-refractivity contribution in [3.05, 3.63) is 63.7 Å². The lowest BCUT2D eigenvalue weighted by Gasteiger charge is -2.30. The molecule has 114 valence electrons. The second kappa shape index (κ2) is 5.44. The van der Waals surface area contributed by atoms with Crippen molar-refractivity contribution in [3.63, 3.8) is 0 Å². The summed E-state index contributed by atoms with van der Waals surface area (Å²) in [4.78, 5) is 4.92. The molecule has 0 amide bonds. The van der Waals surface area contributed by atoms with Crippen molar-refractivity contribution in [1.82, 2.24) is 0 Å². The standard InChI is InChI=1S/C19H21ClN2/c1-12-9-14-11-19(3,4)22-18(17(14)10-13(12)2)21-16-7-5-15(20)6-8-16/h5-10H,11H2,1-4H3,(H,21,22). The van der Waals surface area contributed by atoms with Gasteiger partial charge < -0.3 is 5.32 Å². The van der Waals surface area contributed by atoms with Crippen molar-refractivity contribution in [2.45, 2.75) is 39.7 Å². The Balaban J connectivity index is 2.03. The number of rotatable bonds is 1. The van der Waals surface area contributed by atoms with Gasteiger partial charge in [-0.1, -0.05) is 17.7 Å². The van der Waals surface area contributed by atoms with Crippen molar-refractivity contribution >= 4 is 23.1 Å². The third kappa shape index (κ3) is 3.02. The van der Waals surface area contributed by atoms with Crippen LogP contribution in [0.3, 0.4) is 0 Å². The molecule has 0 bridgehead atoms. The van der Waals surface area contributed by atoms with E-state index >= 15 is 0 Å². The van der Waals surface area contributed by atoms with Crippen molar-refractivity contribution < 1.29 is 0 Å². The summed E-state index contributed by atoms with van der Waals surface area (Å²) in [6.45, 7) is 8.67. The fourth-order valence-electron chi connectivity index (χ4n) is 2.88. The smallest absolute Gasteiger partial charge is 0.133 e. The number of nitrogens with zero attached hydrogens (tertiary/aromatic N) is 1. The summed E-state index contributed by atoms with van der Waals surface area (Å²) in [5.41, 5.74) is 6.11. The van der Waals surface area contributed by atoms with Gasteiger partial charge in [-0.2, -0.15) is 0 Å². The molecule has 0 aromatic heterocycles. The van der Waals surface area contributed by atoms with E-state index in [-0.39, 0.29) is 5.54 Å². The van der Waals surface area contributed by atoms with E-state index in [0.29, 0.717) is 0 Å². The molecule has 0 spiro atoms. The summed E-state index contributed by atoms with van der Waals surface area (Å²) in [6.07, 6.45) is 0.968. The first-order chi connectivity index (χ1) is 10.3. The van der Waals surface area contributed by atoms with Crippen LogP contribution in [0.5, 0.6) is 0 Å². The molecule has 22 heavy (non-hydrogen) atoms. The van der Waals surface area contributed by atoms with E-state index in [4.69, 9.17) is 16.6 Å². The molecule has 1 N–H and O–H groups in total. The number of aliphatic imine (C=N–C) groups is 1. The summed E-state index contributed by atoms with van der Waals surface area (Å²) in [5, 5.41) is 4.20. The molecule has 0 radical (unpaired) electrons. The average molecular weight is 313 g/mol. The van der Waals surface area contributed by atoms with E-state index in [1.807, 2.05) is 24.3 Å². The first kappa shape index (κ1) is 15.1. The molecule has 0 atom stereocenters. The molecule has 3 rings (SSSR count).